The molecule has 0 unspecified atom stereocenters. The molecule has 0 radical (unpaired) electrons. The van der Waals surface area contributed by atoms with Crippen molar-refractivity contribution < 1.29 is 19.8 Å². The number of hydrogen-bond donors (Lipinski definition) is 4. The second-order valence-electron chi connectivity index (χ2n) is 21.1. The van der Waals surface area contributed by atoms with Gasteiger partial charge in [-0.25, -0.2) is 0 Å². The Bertz CT molecular complexity index is 2530. The minimum atomic E-state index is -0.358. The van der Waals surface area contributed by atoms with Crippen LogP contribution in [0.15, 0.2) is 94.5 Å². The maximum Gasteiger partial charge on any atom is 0.258 e. The number of nitrogens with zero attached hydrogens (tertiary/aromatic N) is 4. The predicted octanol–water partition coefficient (Wildman–Crippen LogP) is 5.08. The first kappa shape index (κ1) is 45.1. The summed E-state index contributed by atoms with van der Waals surface area (Å²) in [4.78, 5) is 58.4. The molecular formula is C56H66N6O6. The average molecular weight is 919 g/mol. The summed E-state index contributed by atoms with van der Waals surface area (Å²) >= 11 is 0. The molecule has 8 atom stereocenters. The van der Waals surface area contributed by atoms with Crippen molar-refractivity contribution in [2.45, 2.75) is 115 Å². The topological polar surface area (TPSA) is 149 Å². The molecule has 2 saturated carbocycles. The number of carbonyl (C=O) groups is 2. The highest BCUT2D eigenvalue weighted by atomic mass is 16.3. The van der Waals surface area contributed by atoms with Crippen molar-refractivity contribution in [2.24, 2.45) is 35.5 Å². The zero-order valence-electron chi connectivity index (χ0n) is 39.4. The second-order valence-corrected chi connectivity index (χ2v) is 21.1. The Morgan fingerprint density at radius 2 is 0.941 bits per heavy atom. The summed E-state index contributed by atoms with van der Waals surface area (Å²) in [5.41, 5.74) is 8.67. The van der Waals surface area contributed by atoms with Crippen molar-refractivity contribution in [3.8, 4) is 0 Å². The quantitative estimate of drug-likeness (QED) is 0.154. The molecule has 2 aromatic heterocycles. The number of allylic oxidation sites excluding steroid dienone is 2. The number of fused-ring (bicyclic) bond motifs is 8. The third-order valence-electron chi connectivity index (χ3n) is 16.8. The van der Waals surface area contributed by atoms with E-state index in [2.05, 4.69) is 81.1 Å². The van der Waals surface area contributed by atoms with Gasteiger partial charge in [-0.3, -0.25) is 29.0 Å². The first-order valence-corrected chi connectivity index (χ1v) is 25.4. The monoisotopic (exact) mass is 919 g/mol. The maximum absolute atomic E-state index is 13.7. The number of hydrogen-bond acceptors (Lipinski definition) is 8. The van der Waals surface area contributed by atoms with Gasteiger partial charge in [-0.05, 0) is 124 Å². The third kappa shape index (κ3) is 8.14. The van der Waals surface area contributed by atoms with Gasteiger partial charge in [0.2, 0.25) is 11.8 Å². The highest BCUT2D eigenvalue weighted by molar-refractivity contribution is 5.84. The van der Waals surface area contributed by atoms with Crippen molar-refractivity contribution in [3.05, 3.63) is 150 Å². The molecule has 12 nitrogen and oxygen atoms in total. The Morgan fingerprint density at radius 3 is 1.26 bits per heavy atom. The summed E-state index contributed by atoms with van der Waals surface area (Å²) in [6.45, 7) is 6.57. The van der Waals surface area contributed by atoms with Crippen LogP contribution < -0.4 is 21.8 Å². The summed E-state index contributed by atoms with van der Waals surface area (Å²) in [6, 6.07) is 24.2. The van der Waals surface area contributed by atoms with Crippen molar-refractivity contribution in [2.75, 3.05) is 26.3 Å². The normalized spacial score (nSPS) is 28.3. The van der Waals surface area contributed by atoms with Crippen LogP contribution in [0.5, 0.6) is 0 Å². The maximum atomic E-state index is 13.7. The lowest BCUT2D eigenvalue weighted by atomic mass is 9.88. The van der Waals surface area contributed by atoms with E-state index in [9.17, 15) is 29.4 Å². The van der Waals surface area contributed by atoms with E-state index in [4.69, 9.17) is 0 Å². The van der Waals surface area contributed by atoms with Gasteiger partial charge < -0.3 is 30.0 Å². The van der Waals surface area contributed by atoms with Crippen LogP contribution in [-0.2, 0) is 48.4 Å². The van der Waals surface area contributed by atoms with E-state index >= 15 is 0 Å². The number of pyridine rings is 2. The lowest BCUT2D eigenvalue weighted by Crippen LogP contribution is -2.51. The second kappa shape index (κ2) is 18.5. The van der Waals surface area contributed by atoms with Gasteiger partial charge in [0, 0.05) is 97.7 Å². The zero-order valence-corrected chi connectivity index (χ0v) is 39.4. The molecule has 68 heavy (non-hydrogen) atoms. The van der Waals surface area contributed by atoms with Crippen LogP contribution in [0, 0.1) is 35.5 Å². The van der Waals surface area contributed by atoms with E-state index in [0.29, 0.717) is 36.1 Å². The van der Waals surface area contributed by atoms with Crippen LogP contribution >= 0.6 is 0 Å². The summed E-state index contributed by atoms with van der Waals surface area (Å²) in [5.74, 6) is 1.04. The van der Waals surface area contributed by atoms with Crippen LogP contribution in [0.25, 0.3) is 12.2 Å². The number of rotatable bonds is 12. The molecule has 2 aromatic carbocycles. The minimum Gasteiger partial charge on any atom is -0.396 e. The Morgan fingerprint density at radius 1 is 0.574 bits per heavy atom. The number of aromatic nitrogens is 2. The van der Waals surface area contributed by atoms with Gasteiger partial charge in [-0.1, -0.05) is 72.8 Å². The van der Waals surface area contributed by atoms with E-state index in [1.165, 1.54) is 47.9 Å². The van der Waals surface area contributed by atoms with Crippen molar-refractivity contribution in [3.63, 3.8) is 0 Å². The number of benzene rings is 2. The molecule has 4 aromatic rings. The van der Waals surface area contributed by atoms with E-state index in [0.717, 1.165) is 50.2 Å². The third-order valence-corrected chi connectivity index (χ3v) is 16.8. The molecule has 2 saturated heterocycles. The number of carbonyl (C=O) groups excluding carboxylic acids is 2. The van der Waals surface area contributed by atoms with Gasteiger partial charge in [0.15, 0.2) is 0 Å². The van der Waals surface area contributed by atoms with Crippen LogP contribution in [0.3, 0.4) is 0 Å². The molecule has 356 valence electrons. The molecule has 6 heterocycles. The molecule has 12 heteroatoms. The van der Waals surface area contributed by atoms with E-state index in [-0.39, 0.29) is 96.1 Å². The molecule has 8 aliphatic rings. The molecule has 4 aliphatic carbocycles. The smallest absolute Gasteiger partial charge is 0.258 e. The highest BCUT2D eigenvalue weighted by Gasteiger charge is 2.58. The standard InChI is InChI=1S/2C28H33N3O3/c2*1-2-5-18-10-11-24-25-22(15-30(24)28(18)34)23(16-32)26(31(25)14-17-8-9-17)27(33)29-21-12-19-6-3-4-7-20(19)13-21/h2*2-7,10-11,17,21-23,25-26,32H,8-9,12-16H2,1H3,(H,29,33)/b5-2+;5-2-/t2*22-,23-,25+,26-/m00/s1. The zero-order chi connectivity index (χ0) is 46.8. The lowest BCUT2D eigenvalue weighted by Gasteiger charge is -2.31. The van der Waals surface area contributed by atoms with Crippen LogP contribution in [0.4, 0.5) is 0 Å². The van der Waals surface area contributed by atoms with Gasteiger partial charge in [0.25, 0.3) is 11.1 Å². The summed E-state index contributed by atoms with van der Waals surface area (Å²) in [7, 11) is 0. The van der Waals surface area contributed by atoms with E-state index < -0.39 is 0 Å². The molecule has 12 rings (SSSR count). The molecular weight excluding hydrogens is 853 g/mol. The number of nitrogens with one attached hydrogen (secondary N) is 2. The van der Waals surface area contributed by atoms with Crippen molar-refractivity contribution in [1.29, 1.82) is 0 Å². The van der Waals surface area contributed by atoms with E-state index in [1.807, 2.05) is 59.4 Å². The predicted molar refractivity (Wildman–Crippen MR) is 262 cm³/mol. The van der Waals surface area contributed by atoms with Crippen LogP contribution in [0.1, 0.15) is 96.4 Å². The SMILES string of the molecule is C/C=C/c1ccc2n(c1=O)C[C@H]1[C@H](CO)[C@@H](C(=O)NC3Cc4ccccc4C3)N(CC3CC3)[C@@H]21.C/C=C\c1ccc2n(c1=O)C[C@H]1[C@H](CO)[C@@H](C(=O)NC3Cc4ccccc4C3)N(CC3CC3)[C@@H]21. The Hall–Kier alpha value is -5.40. The molecule has 4 fully saturated rings. The fourth-order valence-electron chi connectivity index (χ4n) is 13.4. The number of aliphatic hydroxyl groups is 2. The lowest BCUT2D eigenvalue weighted by molar-refractivity contribution is -0.129. The largest absolute Gasteiger partial charge is 0.396 e. The first-order chi connectivity index (χ1) is 33.2. The fourth-order valence-corrected chi connectivity index (χ4v) is 13.4. The van der Waals surface area contributed by atoms with Gasteiger partial charge in [-0.15, -0.1) is 0 Å². The van der Waals surface area contributed by atoms with Crippen LogP contribution in [0.2, 0.25) is 0 Å². The van der Waals surface area contributed by atoms with Crippen molar-refractivity contribution in [1.82, 2.24) is 29.6 Å². The Labute approximate surface area is 398 Å². The minimum absolute atomic E-state index is 0.00151. The fraction of sp³-hybridized carbons (Fsp3) is 0.500. The number of amides is 2. The molecule has 2 amide bonds. The van der Waals surface area contributed by atoms with Gasteiger partial charge in [0.1, 0.15) is 0 Å². The van der Waals surface area contributed by atoms with Crippen LogP contribution in [-0.4, -0.2) is 91.4 Å². The molecule has 0 spiro atoms. The molecule has 4 N–H and O–H groups in total. The highest BCUT2D eigenvalue weighted by Crippen LogP contribution is 2.52. The van der Waals surface area contributed by atoms with Crippen molar-refractivity contribution >= 4 is 24.0 Å². The Kier molecular flexibility index (Phi) is 12.3. The average Bonchev–Trinajstić information content (AvgIpc) is 4.02. The first-order valence-electron chi connectivity index (χ1n) is 25.4. The van der Waals surface area contributed by atoms with Gasteiger partial charge in [-0.2, -0.15) is 0 Å². The number of aliphatic hydroxyl groups excluding tert-OH is 2. The Balaban J connectivity index is 0.000000149. The van der Waals surface area contributed by atoms with E-state index in [1.54, 1.807) is 0 Å². The number of likely N-dealkylation sites (tertiary alicyclic amines) is 2. The summed E-state index contributed by atoms with van der Waals surface area (Å²) in [5, 5.41) is 27.6. The molecule has 4 aliphatic heterocycles. The molecule has 0 bridgehead atoms. The van der Waals surface area contributed by atoms with Gasteiger partial charge >= 0.3 is 0 Å². The summed E-state index contributed by atoms with van der Waals surface area (Å²) in [6.07, 6.45) is 15.7. The van der Waals surface area contributed by atoms with Gasteiger partial charge in [0.05, 0.1) is 24.2 Å². The summed E-state index contributed by atoms with van der Waals surface area (Å²) < 4.78 is 3.77.